The van der Waals surface area contributed by atoms with Gasteiger partial charge in [-0.15, -0.1) is 0 Å². The third kappa shape index (κ3) is 3.95. The lowest BCUT2D eigenvalue weighted by molar-refractivity contribution is 0.249. The van der Waals surface area contributed by atoms with Crippen molar-refractivity contribution in [3.63, 3.8) is 0 Å². The molecule has 2 aromatic heterocycles. The van der Waals surface area contributed by atoms with Gasteiger partial charge in [0.15, 0.2) is 0 Å². The molecular formula is C24H24N6. The summed E-state index contributed by atoms with van der Waals surface area (Å²) in [7, 11) is 0. The number of aromatic nitrogens is 4. The monoisotopic (exact) mass is 396 g/mol. The number of nitrogens with zero attached hydrogens (tertiary/aromatic N) is 6. The maximum absolute atomic E-state index is 4.94. The molecule has 3 heterocycles. The summed E-state index contributed by atoms with van der Waals surface area (Å²) in [5.74, 6) is 0.819. The first-order chi connectivity index (χ1) is 14.9. The molecule has 1 saturated heterocycles. The molecular weight excluding hydrogens is 372 g/mol. The second kappa shape index (κ2) is 8.47. The number of hydrogen-bond acceptors (Lipinski definition) is 5. The van der Waals surface area contributed by atoms with Crippen LogP contribution in [0.15, 0.2) is 85.3 Å². The van der Waals surface area contributed by atoms with Crippen molar-refractivity contribution in [1.29, 1.82) is 0 Å². The van der Waals surface area contributed by atoms with Gasteiger partial charge in [0, 0.05) is 62.4 Å². The van der Waals surface area contributed by atoms with Crippen LogP contribution >= 0.6 is 0 Å². The van der Waals surface area contributed by atoms with Gasteiger partial charge in [0.25, 0.3) is 0 Å². The van der Waals surface area contributed by atoms with E-state index in [1.807, 2.05) is 35.0 Å². The molecule has 0 N–H and O–H groups in total. The summed E-state index contributed by atoms with van der Waals surface area (Å²) in [6, 6.07) is 22.6. The second-order valence-corrected chi connectivity index (χ2v) is 7.46. The second-order valence-electron chi connectivity index (χ2n) is 7.46. The van der Waals surface area contributed by atoms with Gasteiger partial charge >= 0.3 is 0 Å². The Morgan fingerprint density at radius 1 is 0.733 bits per heavy atom. The number of rotatable bonds is 5. The van der Waals surface area contributed by atoms with E-state index in [-0.39, 0.29) is 0 Å². The Labute approximate surface area is 176 Å². The Kier molecular flexibility index (Phi) is 5.23. The van der Waals surface area contributed by atoms with Gasteiger partial charge in [-0.25, -0.2) is 14.6 Å². The molecule has 30 heavy (non-hydrogen) atoms. The summed E-state index contributed by atoms with van der Waals surface area (Å²) < 4.78 is 1.99. The SMILES string of the molecule is c1ccc(-c2nn(-c3ccccc3)cc2CN2CCN(c3ncccn3)CC2)cc1. The van der Waals surface area contributed by atoms with E-state index in [0.29, 0.717) is 0 Å². The molecule has 1 aliphatic heterocycles. The van der Waals surface area contributed by atoms with Gasteiger partial charge in [-0.2, -0.15) is 5.10 Å². The van der Waals surface area contributed by atoms with Crippen LogP contribution in [0.4, 0.5) is 5.95 Å². The Balaban J connectivity index is 1.37. The first kappa shape index (κ1) is 18.5. The molecule has 1 fully saturated rings. The van der Waals surface area contributed by atoms with E-state index in [4.69, 9.17) is 5.10 Å². The van der Waals surface area contributed by atoms with E-state index in [2.05, 4.69) is 62.4 Å². The minimum absolute atomic E-state index is 0.819. The predicted octanol–water partition coefficient (Wildman–Crippen LogP) is 3.65. The number of hydrogen-bond donors (Lipinski definition) is 0. The normalized spacial score (nSPS) is 14.7. The maximum Gasteiger partial charge on any atom is 0.225 e. The summed E-state index contributed by atoms with van der Waals surface area (Å²) in [5, 5.41) is 4.94. The van der Waals surface area contributed by atoms with Crippen LogP contribution in [-0.4, -0.2) is 50.8 Å². The molecule has 2 aromatic carbocycles. The molecule has 150 valence electrons. The van der Waals surface area contributed by atoms with Crippen molar-refractivity contribution in [2.75, 3.05) is 31.1 Å². The molecule has 0 unspecified atom stereocenters. The lowest BCUT2D eigenvalue weighted by Crippen LogP contribution is -2.46. The summed E-state index contributed by atoms with van der Waals surface area (Å²) in [4.78, 5) is 13.5. The van der Waals surface area contributed by atoms with E-state index in [9.17, 15) is 0 Å². The summed E-state index contributed by atoms with van der Waals surface area (Å²) >= 11 is 0. The topological polar surface area (TPSA) is 50.1 Å². The summed E-state index contributed by atoms with van der Waals surface area (Å²) in [6.07, 6.45) is 5.78. The maximum atomic E-state index is 4.94. The van der Waals surface area contributed by atoms with Gasteiger partial charge < -0.3 is 4.90 Å². The van der Waals surface area contributed by atoms with E-state index in [0.717, 1.165) is 55.6 Å². The number of para-hydroxylation sites is 1. The van der Waals surface area contributed by atoms with Crippen molar-refractivity contribution < 1.29 is 0 Å². The average Bonchev–Trinajstić information content (AvgIpc) is 3.25. The van der Waals surface area contributed by atoms with Gasteiger partial charge in [-0.1, -0.05) is 48.5 Å². The highest BCUT2D eigenvalue weighted by Gasteiger charge is 2.21. The summed E-state index contributed by atoms with van der Waals surface area (Å²) in [6.45, 7) is 4.68. The average molecular weight is 396 g/mol. The van der Waals surface area contributed by atoms with Crippen LogP contribution in [0.25, 0.3) is 16.9 Å². The molecule has 6 nitrogen and oxygen atoms in total. The Hall–Kier alpha value is -3.51. The lowest BCUT2D eigenvalue weighted by atomic mass is 10.1. The zero-order valence-corrected chi connectivity index (χ0v) is 16.8. The van der Waals surface area contributed by atoms with E-state index in [1.165, 1.54) is 5.56 Å². The van der Waals surface area contributed by atoms with Crippen LogP contribution in [-0.2, 0) is 6.54 Å². The fourth-order valence-corrected chi connectivity index (χ4v) is 3.88. The third-order valence-electron chi connectivity index (χ3n) is 5.46. The Morgan fingerprint density at radius 2 is 1.40 bits per heavy atom. The highest BCUT2D eigenvalue weighted by atomic mass is 15.3. The molecule has 4 aromatic rings. The largest absolute Gasteiger partial charge is 0.338 e. The van der Waals surface area contributed by atoms with E-state index < -0.39 is 0 Å². The summed E-state index contributed by atoms with van der Waals surface area (Å²) in [5.41, 5.74) is 4.52. The molecule has 5 rings (SSSR count). The Morgan fingerprint density at radius 3 is 2.10 bits per heavy atom. The number of piperazine rings is 1. The van der Waals surface area contributed by atoms with Gasteiger partial charge in [0.2, 0.25) is 5.95 Å². The fraction of sp³-hybridized carbons (Fsp3) is 0.208. The van der Waals surface area contributed by atoms with Crippen molar-refractivity contribution in [3.05, 3.63) is 90.9 Å². The van der Waals surface area contributed by atoms with E-state index >= 15 is 0 Å². The van der Waals surface area contributed by atoms with E-state index in [1.54, 1.807) is 12.4 Å². The molecule has 1 aliphatic rings. The van der Waals surface area contributed by atoms with Gasteiger partial charge in [-0.3, -0.25) is 4.90 Å². The molecule has 0 spiro atoms. The van der Waals surface area contributed by atoms with Crippen LogP contribution in [0.1, 0.15) is 5.56 Å². The van der Waals surface area contributed by atoms with Crippen molar-refractivity contribution in [2.24, 2.45) is 0 Å². The van der Waals surface area contributed by atoms with Crippen LogP contribution < -0.4 is 4.90 Å². The van der Waals surface area contributed by atoms with Crippen LogP contribution in [0.5, 0.6) is 0 Å². The van der Waals surface area contributed by atoms with Crippen molar-refractivity contribution >= 4 is 5.95 Å². The minimum Gasteiger partial charge on any atom is -0.338 e. The highest BCUT2D eigenvalue weighted by molar-refractivity contribution is 5.63. The van der Waals surface area contributed by atoms with Gasteiger partial charge in [-0.05, 0) is 18.2 Å². The molecule has 0 saturated carbocycles. The zero-order valence-electron chi connectivity index (χ0n) is 16.8. The zero-order chi connectivity index (χ0) is 20.2. The molecule has 6 heteroatoms. The van der Waals surface area contributed by atoms with Crippen LogP contribution in [0, 0.1) is 0 Å². The first-order valence-corrected chi connectivity index (χ1v) is 10.3. The fourth-order valence-electron chi connectivity index (χ4n) is 3.88. The molecule has 0 radical (unpaired) electrons. The van der Waals surface area contributed by atoms with Crippen LogP contribution in [0.2, 0.25) is 0 Å². The first-order valence-electron chi connectivity index (χ1n) is 10.3. The van der Waals surface area contributed by atoms with Crippen LogP contribution in [0.3, 0.4) is 0 Å². The van der Waals surface area contributed by atoms with Crippen molar-refractivity contribution in [3.8, 4) is 16.9 Å². The Bertz CT molecular complexity index is 1070. The van der Waals surface area contributed by atoms with Gasteiger partial charge in [0.05, 0.1) is 11.4 Å². The van der Waals surface area contributed by atoms with Crippen molar-refractivity contribution in [2.45, 2.75) is 6.54 Å². The highest BCUT2D eigenvalue weighted by Crippen LogP contribution is 2.25. The third-order valence-corrected chi connectivity index (χ3v) is 5.46. The smallest absolute Gasteiger partial charge is 0.225 e. The van der Waals surface area contributed by atoms with Gasteiger partial charge in [0.1, 0.15) is 0 Å². The number of benzene rings is 2. The standard InChI is InChI=1S/C24H24N6/c1-3-8-20(9-4-1)23-21(19-30(27-23)22-10-5-2-6-11-22)18-28-14-16-29(17-15-28)24-25-12-7-13-26-24/h1-13,19H,14-18H2. The van der Waals surface area contributed by atoms with Crippen molar-refractivity contribution in [1.82, 2.24) is 24.6 Å². The molecule has 0 amide bonds. The minimum atomic E-state index is 0.819. The molecule has 0 bridgehead atoms. The predicted molar refractivity (Wildman–Crippen MR) is 119 cm³/mol. The number of anilines is 1. The lowest BCUT2D eigenvalue weighted by Gasteiger charge is -2.34. The quantitative estimate of drug-likeness (QED) is 0.515. The molecule has 0 aliphatic carbocycles. The molecule has 0 atom stereocenters.